The third-order valence-electron chi connectivity index (χ3n) is 3.47. The molecule has 4 nitrogen and oxygen atoms in total. The van der Waals surface area contributed by atoms with Crippen LogP contribution < -0.4 is 10.6 Å². The van der Waals surface area contributed by atoms with E-state index in [1.807, 2.05) is 12.1 Å². The molecule has 1 amide bonds. The van der Waals surface area contributed by atoms with E-state index in [0.29, 0.717) is 0 Å². The van der Waals surface area contributed by atoms with E-state index in [9.17, 15) is 4.79 Å². The second-order valence-electron chi connectivity index (χ2n) is 4.90. The molecule has 1 atom stereocenters. The summed E-state index contributed by atoms with van der Waals surface area (Å²) in [6, 6.07) is 8.19. The molecule has 0 unspecified atom stereocenters. The minimum Gasteiger partial charge on any atom is -0.385 e. The highest BCUT2D eigenvalue weighted by atomic mass is 16.5. The Kier molecular flexibility index (Phi) is 5.36. The van der Waals surface area contributed by atoms with Gasteiger partial charge in [0.1, 0.15) is 0 Å². The first kappa shape index (κ1) is 14.0. The van der Waals surface area contributed by atoms with Gasteiger partial charge >= 0.3 is 0 Å². The van der Waals surface area contributed by atoms with Gasteiger partial charge in [-0.1, -0.05) is 24.3 Å². The lowest BCUT2D eigenvalue weighted by molar-refractivity contribution is -0.123. The Morgan fingerprint density at radius 2 is 2.16 bits per heavy atom. The van der Waals surface area contributed by atoms with E-state index in [1.54, 1.807) is 7.11 Å². The van der Waals surface area contributed by atoms with Gasteiger partial charge in [-0.15, -0.1) is 0 Å². The maximum Gasteiger partial charge on any atom is 0.237 e. The number of benzene rings is 1. The van der Waals surface area contributed by atoms with Crippen LogP contribution in [0.25, 0.3) is 0 Å². The predicted octanol–water partition coefficient (Wildman–Crippen LogP) is 1.24. The van der Waals surface area contributed by atoms with E-state index in [0.717, 1.165) is 39.0 Å². The molecule has 0 saturated carbocycles. The van der Waals surface area contributed by atoms with Crippen molar-refractivity contribution in [3.63, 3.8) is 0 Å². The topological polar surface area (TPSA) is 50.4 Å². The monoisotopic (exact) mass is 262 g/mol. The minimum atomic E-state index is -0.0997. The van der Waals surface area contributed by atoms with Gasteiger partial charge in [0.15, 0.2) is 0 Å². The van der Waals surface area contributed by atoms with Crippen molar-refractivity contribution in [2.45, 2.75) is 31.8 Å². The van der Waals surface area contributed by atoms with Crippen LogP contribution in [0, 0.1) is 0 Å². The third-order valence-corrected chi connectivity index (χ3v) is 3.47. The van der Waals surface area contributed by atoms with Gasteiger partial charge in [-0.2, -0.15) is 0 Å². The lowest BCUT2D eigenvalue weighted by atomic mass is 9.95. The molecule has 2 rings (SSSR count). The van der Waals surface area contributed by atoms with Crippen LogP contribution in [0.4, 0.5) is 0 Å². The summed E-state index contributed by atoms with van der Waals surface area (Å²) in [5.74, 6) is 0.104. The first-order valence-electron chi connectivity index (χ1n) is 6.88. The van der Waals surface area contributed by atoms with Crippen molar-refractivity contribution >= 4 is 5.91 Å². The molecule has 1 aliphatic heterocycles. The van der Waals surface area contributed by atoms with Crippen LogP contribution in [0.5, 0.6) is 0 Å². The summed E-state index contributed by atoms with van der Waals surface area (Å²) >= 11 is 0. The Morgan fingerprint density at radius 3 is 2.95 bits per heavy atom. The number of methoxy groups -OCH3 is 1. The van der Waals surface area contributed by atoms with E-state index in [4.69, 9.17) is 4.74 Å². The molecule has 0 aliphatic carbocycles. The number of hydrogen-bond donors (Lipinski definition) is 2. The Labute approximate surface area is 114 Å². The van der Waals surface area contributed by atoms with Crippen molar-refractivity contribution in [3.8, 4) is 0 Å². The summed E-state index contributed by atoms with van der Waals surface area (Å²) in [4.78, 5) is 12.0. The van der Waals surface area contributed by atoms with Crippen molar-refractivity contribution in [2.75, 3.05) is 20.3 Å². The summed E-state index contributed by atoms with van der Waals surface area (Å²) in [7, 11) is 1.70. The number of rotatable bonds is 6. The molecule has 0 fully saturated rings. The molecule has 0 bridgehead atoms. The number of fused-ring (bicyclic) bond motifs is 1. The zero-order valence-electron chi connectivity index (χ0n) is 11.4. The van der Waals surface area contributed by atoms with Crippen LogP contribution in [0.3, 0.4) is 0 Å². The molecule has 19 heavy (non-hydrogen) atoms. The minimum absolute atomic E-state index is 0.0997. The molecule has 104 valence electrons. The van der Waals surface area contributed by atoms with E-state index >= 15 is 0 Å². The Hall–Kier alpha value is -1.39. The standard InChI is InChI=1S/C15H22N2O2/c1-19-9-5-4-8-16-15(18)14-10-12-6-2-3-7-13(12)11-17-14/h2-3,6-7,14,17H,4-5,8-11H2,1H3,(H,16,18)/t14-/m1/s1. The second-order valence-corrected chi connectivity index (χ2v) is 4.90. The molecular weight excluding hydrogens is 240 g/mol. The fourth-order valence-electron chi connectivity index (χ4n) is 2.35. The van der Waals surface area contributed by atoms with Crippen LogP contribution in [0.15, 0.2) is 24.3 Å². The lowest BCUT2D eigenvalue weighted by Gasteiger charge is -2.25. The van der Waals surface area contributed by atoms with Crippen molar-refractivity contribution in [1.82, 2.24) is 10.6 Å². The van der Waals surface area contributed by atoms with Crippen LogP contribution in [-0.4, -0.2) is 32.2 Å². The molecule has 4 heteroatoms. The van der Waals surface area contributed by atoms with Gasteiger partial charge in [0.05, 0.1) is 6.04 Å². The van der Waals surface area contributed by atoms with Gasteiger partial charge in [0.2, 0.25) is 5.91 Å². The Morgan fingerprint density at radius 1 is 1.37 bits per heavy atom. The summed E-state index contributed by atoms with van der Waals surface area (Å²) in [5, 5.41) is 6.28. The van der Waals surface area contributed by atoms with Crippen molar-refractivity contribution < 1.29 is 9.53 Å². The number of amides is 1. The van der Waals surface area contributed by atoms with Crippen LogP contribution in [0.2, 0.25) is 0 Å². The molecule has 0 spiro atoms. The Bertz CT molecular complexity index is 420. The maximum absolute atomic E-state index is 12.0. The predicted molar refractivity (Wildman–Crippen MR) is 74.9 cm³/mol. The number of unbranched alkanes of at least 4 members (excludes halogenated alkanes) is 1. The zero-order valence-corrected chi connectivity index (χ0v) is 11.4. The molecule has 1 aromatic rings. The zero-order chi connectivity index (χ0) is 13.5. The fourth-order valence-corrected chi connectivity index (χ4v) is 2.35. The van der Waals surface area contributed by atoms with Gasteiger partial charge in [0.25, 0.3) is 0 Å². The fraction of sp³-hybridized carbons (Fsp3) is 0.533. The number of carbonyl (C=O) groups excluding carboxylic acids is 1. The highest BCUT2D eigenvalue weighted by molar-refractivity contribution is 5.82. The summed E-state index contributed by atoms with van der Waals surface area (Å²) < 4.78 is 4.98. The van der Waals surface area contributed by atoms with E-state index in [1.165, 1.54) is 11.1 Å². The largest absolute Gasteiger partial charge is 0.385 e. The number of carbonyl (C=O) groups is 1. The van der Waals surface area contributed by atoms with Crippen LogP contribution in [0.1, 0.15) is 24.0 Å². The molecule has 0 radical (unpaired) electrons. The Balaban J connectivity index is 1.76. The highest BCUT2D eigenvalue weighted by Crippen LogP contribution is 2.16. The van der Waals surface area contributed by atoms with Gasteiger partial charge in [-0.25, -0.2) is 0 Å². The van der Waals surface area contributed by atoms with Crippen LogP contribution >= 0.6 is 0 Å². The average Bonchev–Trinajstić information content (AvgIpc) is 2.46. The molecule has 1 heterocycles. The quantitative estimate of drug-likeness (QED) is 0.759. The van der Waals surface area contributed by atoms with Gasteiger partial charge in [-0.05, 0) is 30.4 Å². The van der Waals surface area contributed by atoms with Crippen molar-refractivity contribution in [2.24, 2.45) is 0 Å². The molecule has 0 saturated heterocycles. The van der Waals surface area contributed by atoms with Crippen molar-refractivity contribution in [3.05, 3.63) is 35.4 Å². The first-order valence-corrected chi connectivity index (χ1v) is 6.88. The highest BCUT2D eigenvalue weighted by Gasteiger charge is 2.23. The molecule has 1 aromatic carbocycles. The van der Waals surface area contributed by atoms with Crippen molar-refractivity contribution in [1.29, 1.82) is 0 Å². The first-order chi connectivity index (χ1) is 9.31. The van der Waals surface area contributed by atoms with Crippen LogP contribution in [-0.2, 0) is 22.5 Å². The SMILES string of the molecule is COCCCCNC(=O)[C@H]1Cc2ccccc2CN1. The number of ether oxygens (including phenoxy) is 1. The van der Waals surface area contributed by atoms with Gasteiger partial charge in [0, 0.05) is 26.8 Å². The number of hydrogen-bond acceptors (Lipinski definition) is 3. The second kappa shape index (κ2) is 7.26. The molecule has 2 N–H and O–H groups in total. The summed E-state index contributed by atoms with van der Waals surface area (Å²) in [6.45, 7) is 2.25. The summed E-state index contributed by atoms with van der Waals surface area (Å²) in [5.41, 5.74) is 2.58. The lowest BCUT2D eigenvalue weighted by Crippen LogP contribution is -2.47. The van der Waals surface area contributed by atoms with Gasteiger partial charge in [-0.3, -0.25) is 4.79 Å². The summed E-state index contributed by atoms with van der Waals surface area (Å²) in [6.07, 6.45) is 2.72. The number of nitrogens with one attached hydrogen (secondary N) is 2. The maximum atomic E-state index is 12.0. The normalized spacial score (nSPS) is 17.8. The third kappa shape index (κ3) is 4.04. The van der Waals surface area contributed by atoms with E-state index < -0.39 is 0 Å². The molecule has 0 aromatic heterocycles. The molecular formula is C15H22N2O2. The smallest absolute Gasteiger partial charge is 0.237 e. The van der Waals surface area contributed by atoms with E-state index in [-0.39, 0.29) is 11.9 Å². The van der Waals surface area contributed by atoms with E-state index in [2.05, 4.69) is 22.8 Å². The average molecular weight is 262 g/mol. The van der Waals surface area contributed by atoms with Gasteiger partial charge < -0.3 is 15.4 Å². The molecule has 1 aliphatic rings.